The van der Waals surface area contributed by atoms with E-state index in [4.69, 9.17) is 0 Å². The minimum atomic E-state index is 0. The average molecular weight is 205 g/mol. The zero-order valence-electron chi connectivity index (χ0n) is 3.96. The topological polar surface area (TPSA) is 0 Å². The molecule has 0 radical (unpaired) electrons. The second-order valence-electron chi connectivity index (χ2n) is 4.62. The number of rotatable bonds is 0. The maximum Gasteiger partial charge on any atom is 0 e. The maximum atomic E-state index is 1.50. The van der Waals surface area contributed by atoms with E-state index in [0.29, 0.717) is 11.4 Å². The molecule has 0 N–H and O–H groups in total. The largest absolute Gasteiger partial charge is 0.364 e. The number of hydrogen-bond acceptors (Lipinski definition) is 0. The van der Waals surface area contributed by atoms with Crippen LogP contribution in [0, 0.1) is 41.7 Å². The summed E-state index contributed by atoms with van der Waals surface area (Å²) in [6.45, 7) is 0. The van der Waals surface area contributed by atoms with Gasteiger partial charge in [0.05, 0.1) is 0 Å². The molecule has 0 unspecified atom stereocenters. The van der Waals surface area contributed by atoms with Gasteiger partial charge < -0.3 is 25.5 Å². The van der Waals surface area contributed by atoms with Crippen LogP contribution < -0.4 is 0 Å². The summed E-state index contributed by atoms with van der Waals surface area (Å²) >= 11 is 0. The van der Waals surface area contributed by atoms with Gasteiger partial charge in [-0.25, -0.2) is 0 Å². The van der Waals surface area contributed by atoms with Crippen LogP contribution in [0.5, 0.6) is 0 Å². The van der Waals surface area contributed by atoms with Gasteiger partial charge in [-0.3, -0.25) is 11.4 Å². The fraction of sp³-hybridized carbons (Fsp3) is 0. The first-order valence-electron chi connectivity index (χ1n) is 3.33. The van der Waals surface area contributed by atoms with E-state index in [-0.39, 0.29) is 41.7 Å². The molecule has 4 saturated heterocycles. The van der Waals surface area contributed by atoms with Crippen LogP contribution in [-0.2, 0) is 0 Å². The molecule has 0 bridgehead atoms. The van der Waals surface area contributed by atoms with Crippen molar-refractivity contribution in [3.8, 4) is 0 Å². The summed E-state index contributed by atoms with van der Waals surface area (Å²) < 4.78 is 0. The van der Waals surface area contributed by atoms with Crippen molar-refractivity contribution in [2.75, 3.05) is 0 Å². The molecule has 2 spiro atoms. The molecule has 0 atom stereocenters. The second kappa shape index (κ2) is 0.536. The third kappa shape index (κ3) is 0.104. The first-order valence-corrected chi connectivity index (χ1v) is 3.33. The van der Waals surface area contributed by atoms with E-state index in [9.17, 15) is 0 Å². The van der Waals surface area contributed by atoms with Crippen LogP contribution in [-0.4, -0.2) is 37.0 Å². The molecule has 24 valence electrons. The summed E-state index contributed by atoms with van der Waals surface area (Å²) in [6.07, 6.45) is 6.00. The molecular formula is B6Ce-2. The Kier molecular flexibility index (Phi) is 0.292. The zero-order chi connectivity index (χ0) is 3.31. The van der Waals surface area contributed by atoms with Crippen LogP contribution in [0.15, 0.2) is 0 Å². The molecule has 0 aromatic heterocycles. The van der Waals surface area contributed by atoms with Crippen molar-refractivity contribution in [3.05, 3.63) is 0 Å². The summed E-state index contributed by atoms with van der Waals surface area (Å²) in [5, 5.41) is 0. The van der Waals surface area contributed by atoms with Crippen LogP contribution >= 0.6 is 0 Å². The minimum Gasteiger partial charge on any atom is -0.364 e. The quantitative estimate of drug-likeness (QED) is 0.391. The Morgan fingerprint density at radius 2 is 1.00 bits per heavy atom. The van der Waals surface area contributed by atoms with Crippen molar-refractivity contribution in [3.63, 3.8) is 0 Å². The molecule has 7 heteroatoms. The molecule has 7 heavy (non-hydrogen) atoms. The summed E-state index contributed by atoms with van der Waals surface area (Å²) in [6, 6.07) is 0. The maximum absolute atomic E-state index is 1.50. The van der Waals surface area contributed by atoms with Crippen molar-refractivity contribution in [2.24, 2.45) is 0 Å². The van der Waals surface area contributed by atoms with Gasteiger partial charge in [0.1, 0.15) is 0 Å². The van der Waals surface area contributed by atoms with E-state index in [1.165, 1.54) is 25.5 Å². The van der Waals surface area contributed by atoms with Crippen LogP contribution in [0.3, 0.4) is 0 Å². The molecule has 0 aliphatic carbocycles. The zero-order valence-corrected chi connectivity index (χ0v) is 7.10. The van der Waals surface area contributed by atoms with E-state index in [0.717, 1.165) is 0 Å². The third-order valence-corrected chi connectivity index (χ3v) is 5.66. The summed E-state index contributed by atoms with van der Waals surface area (Å²) in [5.41, 5.74) is 1.33. The molecule has 4 heterocycles. The molecule has 0 aromatic rings. The van der Waals surface area contributed by atoms with Gasteiger partial charge in [0.25, 0.3) is 0 Å². The Morgan fingerprint density at radius 1 is 0.714 bits per heavy atom. The predicted octanol–water partition coefficient (Wildman–Crippen LogP) is -2.28. The van der Waals surface area contributed by atoms with Crippen molar-refractivity contribution >= 4 is 37.0 Å². The molecule has 4 fully saturated rings. The van der Waals surface area contributed by atoms with E-state index in [2.05, 4.69) is 0 Å². The fourth-order valence-corrected chi connectivity index (χ4v) is 5.80. The van der Waals surface area contributed by atoms with Crippen molar-refractivity contribution in [1.82, 2.24) is 0 Å². The normalized spacial score (nSPS) is 48.0. The van der Waals surface area contributed by atoms with Crippen LogP contribution in [0.2, 0.25) is 0 Å². The standard InChI is InChI=1S/B6.Ce/c1-2-5(1)3-4(5)6(1,2)3;/q-2;. The Hall–Kier alpha value is 1.77. The Labute approximate surface area is 77.7 Å². The van der Waals surface area contributed by atoms with E-state index >= 15 is 0 Å². The van der Waals surface area contributed by atoms with Gasteiger partial charge >= 0.3 is 0 Å². The van der Waals surface area contributed by atoms with Crippen molar-refractivity contribution in [1.29, 1.82) is 0 Å². The molecular weight excluding hydrogens is 205 g/mol. The SMILES string of the molecule is B12B3[B-]14B1B4[B-]231.[Ce]. The molecule has 0 saturated carbocycles. The van der Waals surface area contributed by atoms with Gasteiger partial charge in [0.15, 0.2) is 0 Å². The third-order valence-electron chi connectivity index (χ3n) is 5.66. The monoisotopic (exact) mass is 206 g/mol. The number of hydrogen-bond donors (Lipinski definition) is 0. The van der Waals surface area contributed by atoms with Crippen LogP contribution in [0.25, 0.3) is 0 Å². The van der Waals surface area contributed by atoms with Crippen molar-refractivity contribution < 1.29 is 41.7 Å². The van der Waals surface area contributed by atoms with E-state index in [1.54, 1.807) is 0 Å². The summed E-state index contributed by atoms with van der Waals surface area (Å²) in [4.78, 5) is 0. The summed E-state index contributed by atoms with van der Waals surface area (Å²) in [5.74, 6) is 0. The van der Waals surface area contributed by atoms with Gasteiger partial charge in [-0.1, -0.05) is 0 Å². The van der Waals surface area contributed by atoms with Gasteiger partial charge in [-0.2, -0.15) is 0 Å². The van der Waals surface area contributed by atoms with Crippen molar-refractivity contribution in [2.45, 2.75) is 0 Å². The van der Waals surface area contributed by atoms with Gasteiger partial charge in [-0.15, -0.1) is 0 Å². The van der Waals surface area contributed by atoms with Gasteiger partial charge in [-0.05, 0) is 0 Å². The molecule has 0 aromatic carbocycles. The molecule has 0 nitrogen and oxygen atoms in total. The van der Waals surface area contributed by atoms with Gasteiger partial charge in [0, 0.05) is 41.7 Å². The summed E-state index contributed by atoms with van der Waals surface area (Å²) in [7, 11) is 0. The molecule has 0 amide bonds. The van der Waals surface area contributed by atoms with Crippen LogP contribution in [0.4, 0.5) is 0 Å². The first kappa shape index (κ1) is 3.82. The Morgan fingerprint density at radius 3 is 1.00 bits per heavy atom. The van der Waals surface area contributed by atoms with E-state index < -0.39 is 0 Å². The Balaban J connectivity index is 0.000000200. The average Bonchev–Trinajstić information content (AvgIpc) is 2.12. The first-order chi connectivity index (χ1) is 2.98. The second-order valence-corrected chi connectivity index (χ2v) is 4.62. The fourth-order valence-electron chi connectivity index (χ4n) is 5.80. The molecule has 4 rings (SSSR count). The van der Waals surface area contributed by atoms with E-state index in [1.807, 2.05) is 0 Å². The van der Waals surface area contributed by atoms with Crippen LogP contribution in [0.1, 0.15) is 0 Å². The molecule has 4 aliphatic heterocycles. The smallest absolute Gasteiger partial charge is 0 e. The Bertz CT molecular complexity index is 149. The molecule has 4 aliphatic rings. The predicted molar refractivity (Wildman–Crippen MR) is 34.5 cm³/mol. The van der Waals surface area contributed by atoms with Gasteiger partial charge in [0.2, 0.25) is 0 Å². The minimum absolute atomic E-state index is 0. The number of fused-ring (bicyclic) bond motifs is 10.